The minimum Gasteiger partial charge on any atom is -0.0776 e. The Kier molecular flexibility index (Phi) is 389. The molecule has 0 saturated heterocycles. The maximum Gasteiger partial charge on any atom is 0 e. The van der Waals surface area contributed by atoms with Crippen LogP contribution in [0.4, 0.5) is 0 Å². The van der Waals surface area contributed by atoms with E-state index in [0.717, 1.165) is 0 Å². The van der Waals surface area contributed by atoms with E-state index in [1.807, 2.05) is 0 Å². The Labute approximate surface area is 54.1 Å². The van der Waals surface area contributed by atoms with E-state index in [2.05, 4.69) is 0 Å². The van der Waals surface area contributed by atoms with Crippen molar-refractivity contribution in [1.29, 1.82) is 0 Å². The normalized spacial score (nSPS) is 0. The minimum atomic E-state index is 0. The van der Waals surface area contributed by atoms with Crippen LogP contribution in [0.2, 0.25) is 0 Å². The summed E-state index contributed by atoms with van der Waals surface area (Å²) in [7, 11) is 0. The van der Waals surface area contributed by atoms with E-state index in [1.54, 1.807) is 0 Å². The van der Waals surface area contributed by atoms with Crippen LogP contribution in [0.15, 0.2) is 0 Å². The minimum absolute atomic E-state index is 0. The van der Waals surface area contributed by atoms with Crippen LogP contribution in [0.1, 0.15) is 7.43 Å². The van der Waals surface area contributed by atoms with Crippen LogP contribution in [-0.2, 0) is 35.6 Å². The van der Waals surface area contributed by atoms with Crippen LogP contribution in [-0.4, -0.2) is 11.0 Å². The summed E-state index contributed by atoms with van der Waals surface area (Å²) in [6, 6.07) is 0. The van der Waals surface area contributed by atoms with Crippen LogP contribution in [0.5, 0.6) is 0 Å². The Morgan fingerprint density at radius 3 is 1.00 bits per heavy atom. The summed E-state index contributed by atoms with van der Waals surface area (Å²) in [6.07, 6.45) is 0. The van der Waals surface area contributed by atoms with Gasteiger partial charge in [-0.25, -0.2) is 0 Å². The van der Waals surface area contributed by atoms with Crippen LogP contribution >= 0.6 is 0 Å². The van der Waals surface area contributed by atoms with Crippen LogP contribution in [0, 0.1) is 0 Å². The predicted octanol–water partition coefficient (Wildman–Crippen LogP) is 0.250. The molecule has 4 heavy (non-hydrogen) atoms. The van der Waals surface area contributed by atoms with Crippen molar-refractivity contribution in [2.75, 3.05) is 0 Å². The Balaban J connectivity index is 0. The van der Waals surface area contributed by atoms with Gasteiger partial charge in [0.1, 0.15) is 0 Å². The van der Waals surface area contributed by atoms with E-state index in [-0.39, 0.29) is 54.0 Å². The monoisotopic (exact) mass is 151 g/mol. The summed E-state index contributed by atoms with van der Waals surface area (Å²) in [5.74, 6) is 0. The summed E-state index contributed by atoms with van der Waals surface area (Å²) in [4.78, 5) is 0. The van der Waals surface area contributed by atoms with Gasteiger partial charge in [-0.2, -0.15) is 0 Å². The van der Waals surface area contributed by atoms with E-state index < -0.39 is 0 Å². The van der Waals surface area contributed by atoms with Crippen LogP contribution in [0.25, 0.3) is 0 Å². The molecular weight excluding hydrogens is 147 g/mol. The summed E-state index contributed by atoms with van der Waals surface area (Å²) in [5, 5.41) is 0. The van der Waals surface area contributed by atoms with Crippen molar-refractivity contribution < 1.29 is 35.6 Å². The third kappa shape index (κ3) is 10.3. The van der Waals surface area contributed by atoms with Gasteiger partial charge < -0.3 is 0 Å². The van der Waals surface area contributed by atoms with E-state index in [0.29, 0.717) is 0 Å². The van der Waals surface area contributed by atoms with Crippen molar-refractivity contribution >= 4 is 11.0 Å². The standard InChI is InChI=1S/CH4.Fe.Si.V/h1H4;;;. The molecule has 0 N–H and O–H groups in total. The topological polar surface area (TPSA) is 0 Å². The van der Waals surface area contributed by atoms with Gasteiger partial charge in [-0.15, -0.1) is 0 Å². The van der Waals surface area contributed by atoms with E-state index in [1.165, 1.54) is 0 Å². The van der Waals surface area contributed by atoms with Crippen molar-refractivity contribution in [3.8, 4) is 0 Å². The number of hydrogen-bond acceptors (Lipinski definition) is 0. The quantitative estimate of drug-likeness (QED) is 0.435. The van der Waals surface area contributed by atoms with Crippen molar-refractivity contribution in [3.63, 3.8) is 0 Å². The summed E-state index contributed by atoms with van der Waals surface area (Å²) >= 11 is 0. The molecule has 0 saturated carbocycles. The molecule has 25 valence electrons. The first-order chi connectivity index (χ1) is 0. The Morgan fingerprint density at radius 2 is 1.00 bits per heavy atom. The average Bonchev–Trinajstić information content (AvgIpc) is 0. The van der Waals surface area contributed by atoms with Gasteiger partial charge >= 0.3 is 0 Å². The first-order valence-corrected chi connectivity index (χ1v) is 0. The van der Waals surface area contributed by atoms with Crippen molar-refractivity contribution in [1.82, 2.24) is 0 Å². The first-order valence-electron chi connectivity index (χ1n) is 0. The second-order valence-electron chi connectivity index (χ2n) is 0. The van der Waals surface area contributed by atoms with Crippen LogP contribution < -0.4 is 0 Å². The molecule has 0 unspecified atom stereocenters. The van der Waals surface area contributed by atoms with Crippen molar-refractivity contribution in [2.24, 2.45) is 0 Å². The maximum absolute atomic E-state index is 0. The molecule has 0 aromatic heterocycles. The molecule has 0 aromatic rings. The molecule has 3 heteroatoms. The fourth-order valence-electron chi connectivity index (χ4n) is 0. The largest absolute Gasteiger partial charge is 0.0776 e. The fourth-order valence-corrected chi connectivity index (χ4v) is 0. The van der Waals surface area contributed by atoms with Gasteiger partial charge in [0.25, 0.3) is 0 Å². The summed E-state index contributed by atoms with van der Waals surface area (Å²) in [6.45, 7) is 0. The molecule has 0 aliphatic carbocycles. The molecule has 5 radical (unpaired) electrons. The van der Waals surface area contributed by atoms with Gasteiger partial charge in [-0.05, 0) is 0 Å². The number of hydrogen-bond donors (Lipinski definition) is 0. The van der Waals surface area contributed by atoms with E-state index in [9.17, 15) is 0 Å². The number of rotatable bonds is 0. The molecule has 0 atom stereocenters. The molecule has 0 bridgehead atoms. The second-order valence-corrected chi connectivity index (χ2v) is 0. The van der Waals surface area contributed by atoms with Crippen molar-refractivity contribution in [2.45, 2.75) is 7.43 Å². The van der Waals surface area contributed by atoms with Crippen molar-refractivity contribution in [3.05, 3.63) is 0 Å². The smallest absolute Gasteiger partial charge is 0 e. The predicted molar refractivity (Wildman–Crippen MR) is 12.5 cm³/mol. The third-order valence-corrected chi connectivity index (χ3v) is 0. The second kappa shape index (κ2) is 27.3. The Hall–Kier alpha value is 1.32. The van der Waals surface area contributed by atoms with Crippen LogP contribution in [0.3, 0.4) is 0 Å². The zero-order chi connectivity index (χ0) is 0. The van der Waals surface area contributed by atoms with Gasteiger partial charge in [-0.1, -0.05) is 7.43 Å². The molecular formula is CH4FeSiV. The SMILES string of the molecule is C.[Fe].[Si].[V]. The van der Waals surface area contributed by atoms with E-state index in [4.69, 9.17) is 0 Å². The molecule has 0 rings (SSSR count). The Morgan fingerprint density at radius 1 is 1.00 bits per heavy atom. The zero-order valence-electron chi connectivity index (χ0n) is 1.30. The van der Waals surface area contributed by atoms with Gasteiger partial charge in [0, 0.05) is 46.6 Å². The van der Waals surface area contributed by atoms with Gasteiger partial charge in [0.05, 0.1) is 0 Å². The third-order valence-electron chi connectivity index (χ3n) is 0. The van der Waals surface area contributed by atoms with Gasteiger partial charge in [0.2, 0.25) is 0 Å². The molecule has 0 fully saturated rings. The fraction of sp³-hybridized carbons (Fsp3) is 1.00. The molecule has 0 aromatic carbocycles. The van der Waals surface area contributed by atoms with Gasteiger partial charge in [-0.3, -0.25) is 0 Å². The van der Waals surface area contributed by atoms with Gasteiger partial charge in [0.15, 0.2) is 0 Å². The average molecular weight is 151 g/mol. The zero-order valence-corrected chi connectivity index (χ0v) is 4.80. The molecule has 0 aliphatic rings. The molecule has 0 nitrogen and oxygen atoms in total. The molecule has 0 spiro atoms. The molecule has 0 amide bonds. The first kappa shape index (κ1) is 56.9. The van der Waals surface area contributed by atoms with E-state index >= 15 is 0 Å². The molecule has 0 heterocycles. The maximum atomic E-state index is 0. The summed E-state index contributed by atoms with van der Waals surface area (Å²) in [5.41, 5.74) is 0. The Bertz CT molecular complexity index is 8.00. The summed E-state index contributed by atoms with van der Waals surface area (Å²) < 4.78 is 0. The molecule has 0 aliphatic heterocycles.